The van der Waals surface area contributed by atoms with Gasteiger partial charge in [-0.15, -0.1) is 0 Å². The number of hydrogen-bond donors (Lipinski definition) is 1. The van der Waals surface area contributed by atoms with Gasteiger partial charge in [0.05, 0.1) is 13.0 Å². The summed E-state index contributed by atoms with van der Waals surface area (Å²) < 4.78 is 5.50. The monoisotopic (exact) mass is 344 g/mol. The Morgan fingerprint density at radius 1 is 1.24 bits per heavy atom. The molecular formula is C20H28N2O3. The second-order valence-corrected chi connectivity index (χ2v) is 7.63. The number of amides is 2. The fraction of sp³-hybridized carbons (Fsp3) is 0.600. The first kappa shape index (κ1) is 17.8. The Balaban J connectivity index is 1.83. The van der Waals surface area contributed by atoms with Crippen LogP contribution in [-0.4, -0.2) is 43.0 Å². The Morgan fingerprint density at radius 2 is 1.96 bits per heavy atom. The average molecular weight is 344 g/mol. The lowest BCUT2D eigenvalue weighted by Crippen LogP contribution is -2.36. The summed E-state index contributed by atoms with van der Waals surface area (Å²) in [5, 5.41) is 3.12. The van der Waals surface area contributed by atoms with Crippen molar-refractivity contribution in [2.24, 2.45) is 11.8 Å². The van der Waals surface area contributed by atoms with E-state index >= 15 is 0 Å². The molecule has 3 rings (SSSR count). The zero-order valence-corrected chi connectivity index (χ0v) is 15.3. The van der Waals surface area contributed by atoms with E-state index in [1.54, 1.807) is 7.11 Å². The predicted molar refractivity (Wildman–Crippen MR) is 96.4 cm³/mol. The fourth-order valence-corrected chi connectivity index (χ4v) is 3.58. The number of carbonyl (C=O) groups excluding carboxylic acids is 2. The first-order valence-corrected chi connectivity index (χ1v) is 9.20. The van der Waals surface area contributed by atoms with E-state index in [1.165, 1.54) is 0 Å². The standard InChI is InChI=1S/C20H28N2O3/c1-13(2)10-19(23)22-11-16(15-6-4-5-7-18(15)25-3)17(12-22)20(24)21-14-8-9-14/h4-7,13-14,16-17H,8-12H2,1-3H3,(H,21,24). The van der Waals surface area contributed by atoms with E-state index in [2.05, 4.69) is 5.32 Å². The Kier molecular flexibility index (Phi) is 5.30. The number of nitrogens with one attached hydrogen (secondary N) is 1. The summed E-state index contributed by atoms with van der Waals surface area (Å²) >= 11 is 0. The van der Waals surface area contributed by atoms with E-state index in [9.17, 15) is 9.59 Å². The maximum absolute atomic E-state index is 12.8. The third kappa shape index (κ3) is 4.14. The summed E-state index contributed by atoms with van der Waals surface area (Å²) in [7, 11) is 1.65. The highest BCUT2D eigenvalue weighted by Crippen LogP contribution is 2.38. The van der Waals surface area contributed by atoms with E-state index in [0.717, 1.165) is 24.2 Å². The molecule has 1 aromatic carbocycles. The molecule has 2 amide bonds. The topological polar surface area (TPSA) is 58.6 Å². The Morgan fingerprint density at radius 3 is 2.60 bits per heavy atom. The summed E-state index contributed by atoms with van der Waals surface area (Å²) in [5.74, 6) is 1.07. The number of carbonyl (C=O) groups is 2. The van der Waals surface area contributed by atoms with Crippen LogP contribution in [0, 0.1) is 11.8 Å². The van der Waals surface area contributed by atoms with Crippen LogP contribution in [0.15, 0.2) is 24.3 Å². The van der Waals surface area contributed by atoms with Crippen molar-refractivity contribution in [3.63, 3.8) is 0 Å². The van der Waals surface area contributed by atoms with Crippen molar-refractivity contribution in [2.45, 2.75) is 45.1 Å². The van der Waals surface area contributed by atoms with Crippen molar-refractivity contribution in [1.29, 1.82) is 0 Å². The zero-order chi connectivity index (χ0) is 18.0. The summed E-state index contributed by atoms with van der Waals surface area (Å²) in [5.41, 5.74) is 1.01. The zero-order valence-electron chi connectivity index (χ0n) is 15.3. The van der Waals surface area contributed by atoms with Gasteiger partial charge in [0, 0.05) is 31.5 Å². The van der Waals surface area contributed by atoms with Crippen LogP contribution in [0.3, 0.4) is 0 Å². The summed E-state index contributed by atoms with van der Waals surface area (Å²) in [6.45, 7) is 5.16. The minimum Gasteiger partial charge on any atom is -0.496 e. The van der Waals surface area contributed by atoms with Gasteiger partial charge >= 0.3 is 0 Å². The molecule has 1 aliphatic carbocycles. The van der Waals surface area contributed by atoms with Gasteiger partial charge in [0.2, 0.25) is 11.8 Å². The van der Waals surface area contributed by atoms with Crippen LogP contribution in [0.2, 0.25) is 0 Å². The van der Waals surface area contributed by atoms with Crippen molar-refractivity contribution >= 4 is 11.8 Å². The number of rotatable bonds is 6. The molecule has 1 saturated carbocycles. The lowest BCUT2D eigenvalue weighted by atomic mass is 9.87. The van der Waals surface area contributed by atoms with Gasteiger partial charge in [0.15, 0.2) is 0 Å². The maximum Gasteiger partial charge on any atom is 0.225 e. The molecular weight excluding hydrogens is 316 g/mol. The van der Waals surface area contributed by atoms with Crippen LogP contribution in [0.4, 0.5) is 0 Å². The third-order valence-corrected chi connectivity index (χ3v) is 5.05. The normalized spacial score (nSPS) is 23.0. The van der Waals surface area contributed by atoms with Gasteiger partial charge in [0.25, 0.3) is 0 Å². The summed E-state index contributed by atoms with van der Waals surface area (Å²) in [4.78, 5) is 27.2. The first-order chi connectivity index (χ1) is 12.0. The van der Waals surface area contributed by atoms with Crippen molar-refractivity contribution in [3.8, 4) is 5.75 Å². The molecule has 1 aromatic rings. The molecule has 1 N–H and O–H groups in total. The lowest BCUT2D eigenvalue weighted by molar-refractivity contribution is -0.131. The number of benzene rings is 1. The molecule has 0 spiro atoms. The smallest absolute Gasteiger partial charge is 0.225 e. The highest BCUT2D eigenvalue weighted by atomic mass is 16.5. The Hall–Kier alpha value is -2.04. The molecule has 0 bridgehead atoms. The molecule has 2 atom stereocenters. The minimum atomic E-state index is -0.215. The van der Waals surface area contributed by atoms with Gasteiger partial charge in [-0.2, -0.15) is 0 Å². The largest absolute Gasteiger partial charge is 0.496 e. The molecule has 0 aromatic heterocycles. The van der Waals surface area contributed by atoms with Crippen molar-refractivity contribution in [2.75, 3.05) is 20.2 Å². The predicted octanol–water partition coefficient (Wildman–Crippen LogP) is 2.56. The number of hydrogen-bond acceptors (Lipinski definition) is 3. The maximum atomic E-state index is 12.8. The molecule has 136 valence electrons. The number of ether oxygens (including phenoxy) is 1. The molecule has 2 fully saturated rings. The highest BCUT2D eigenvalue weighted by Gasteiger charge is 2.42. The number of para-hydroxylation sites is 1. The molecule has 5 heteroatoms. The second kappa shape index (κ2) is 7.46. The SMILES string of the molecule is COc1ccccc1C1CN(C(=O)CC(C)C)CC1C(=O)NC1CC1. The van der Waals surface area contributed by atoms with Crippen molar-refractivity contribution in [3.05, 3.63) is 29.8 Å². The molecule has 1 saturated heterocycles. The fourth-order valence-electron chi connectivity index (χ4n) is 3.58. The number of methoxy groups -OCH3 is 1. The minimum absolute atomic E-state index is 0.0222. The van der Waals surface area contributed by atoms with Crippen LogP contribution in [-0.2, 0) is 9.59 Å². The van der Waals surface area contributed by atoms with E-state index < -0.39 is 0 Å². The van der Waals surface area contributed by atoms with Gasteiger partial charge in [-0.25, -0.2) is 0 Å². The summed E-state index contributed by atoms with van der Waals surface area (Å²) in [6, 6.07) is 8.15. The van der Waals surface area contributed by atoms with E-state index in [0.29, 0.717) is 31.5 Å². The van der Waals surface area contributed by atoms with Gasteiger partial charge in [-0.05, 0) is 30.4 Å². The highest BCUT2D eigenvalue weighted by molar-refractivity contribution is 5.84. The van der Waals surface area contributed by atoms with Gasteiger partial charge in [-0.1, -0.05) is 32.0 Å². The number of nitrogens with zero attached hydrogens (tertiary/aromatic N) is 1. The van der Waals surface area contributed by atoms with Crippen LogP contribution < -0.4 is 10.1 Å². The van der Waals surface area contributed by atoms with E-state index in [-0.39, 0.29) is 23.7 Å². The van der Waals surface area contributed by atoms with Crippen molar-refractivity contribution < 1.29 is 14.3 Å². The van der Waals surface area contributed by atoms with Crippen LogP contribution >= 0.6 is 0 Å². The third-order valence-electron chi connectivity index (χ3n) is 5.05. The molecule has 25 heavy (non-hydrogen) atoms. The van der Waals surface area contributed by atoms with E-state index in [1.807, 2.05) is 43.0 Å². The lowest BCUT2D eigenvalue weighted by Gasteiger charge is -2.20. The molecule has 2 aliphatic rings. The van der Waals surface area contributed by atoms with Crippen LogP contribution in [0.1, 0.15) is 44.6 Å². The van der Waals surface area contributed by atoms with E-state index in [4.69, 9.17) is 4.74 Å². The van der Waals surface area contributed by atoms with Gasteiger partial charge in [-0.3, -0.25) is 9.59 Å². The van der Waals surface area contributed by atoms with Crippen LogP contribution in [0.5, 0.6) is 5.75 Å². The molecule has 1 heterocycles. The van der Waals surface area contributed by atoms with Crippen LogP contribution in [0.25, 0.3) is 0 Å². The molecule has 5 nitrogen and oxygen atoms in total. The average Bonchev–Trinajstić information content (AvgIpc) is 3.28. The Bertz CT molecular complexity index is 640. The number of likely N-dealkylation sites (tertiary alicyclic amines) is 1. The van der Waals surface area contributed by atoms with Gasteiger partial charge in [0.1, 0.15) is 5.75 Å². The summed E-state index contributed by atoms with van der Waals surface area (Å²) in [6.07, 6.45) is 2.65. The molecule has 1 aliphatic heterocycles. The molecule has 2 unspecified atom stereocenters. The Labute approximate surface area is 149 Å². The van der Waals surface area contributed by atoms with Crippen molar-refractivity contribution in [1.82, 2.24) is 10.2 Å². The van der Waals surface area contributed by atoms with Gasteiger partial charge < -0.3 is 15.0 Å². The molecule has 0 radical (unpaired) electrons. The first-order valence-electron chi connectivity index (χ1n) is 9.20. The second-order valence-electron chi connectivity index (χ2n) is 7.63. The quantitative estimate of drug-likeness (QED) is 0.863.